The molecule has 0 N–H and O–H groups in total. The first-order valence-electron chi connectivity index (χ1n) is 6.47. The summed E-state index contributed by atoms with van der Waals surface area (Å²) < 4.78 is 6.14. The smallest absolute Gasteiger partial charge is 0.363 e. The predicted octanol–water partition coefficient (Wildman–Crippen LogP) is 4.10. The van der Waals surface area contributed by atoms with Crippen molar-refractivity contribution in [1.82, 2.24) is 0 Å². The van der Waals surface area contributed by atoms with Gasteiger partial charge in [-0.15, -0.1) is 0 Å². The lowest BCUT2D eigenvalue weighted by atomic mass is 10.1. The molecule has 0 radical (unpaired) electrons. The number of esters is 1. The Morgan fingerprint density at radius 2 is 1.90 bits per heavy atom. The second kappa shape index (κ2) is 5.66. The van der Waals surface area contributed by atoms with Crippen molar-refractivity contribution in [3.63, 3.8) is 0 Å². The van der Waals surface area contributed by atoms with Crippen LogP contribution in [0.1, 0.15) is 16.7 Å². The summed E-state index contributed by atoms with van der Waals surface area (Å²) in [5.41, 5.74) is 3.18. The number of carbonyl (C=O) groups is 1. The van der Waals surface area contributed by atoms with Crippen LogP contribution in [0.15, 0.2) is 63.7 Å². The van der Waals surface area contributed by atoms with E-state index in [1.54, 1.807) is 6.08 Å². The number of rotatable bonds is 2. The fourth-order valence-corrected chi connectivity index (χ4v) is 2.37. The number of carbonyl (C=O) groups excluding carboxylic acids is 1. The van der Waals surface area contributed by atoms with Crippen LogP contribution >= 0.6 is 15.9 Å². The zero-order valence-electron chi connectivity index (χ0n) is 11.3. The molecule has 0 bridgehead atoms. The van der Waals surface area contributed by atoms with Gasteiger partial charge in [0, 0.05) is 10.0 Å². The van der Waals surface area contributed by atoms with Crippen LogP contribution in [-0.2, 0) is 9.53 Å². The number of cyclic esters (lactones) is 1. The summed E-state index contributed by atoms with van der Waals surface area (Å²) in [6, 6.07) is 15.4. The molecule has 0 saturated carbocycles. The second-order valence-corrected chi connectivity index (χ2v) is 5.67. The minimum Gasteiger partial charge on any atom is -0.402 e. The maximum Gasteiger partial charge on any atom is 0.363 e. The van der Waals surface area contributed by atoms with E-state index in [-0.39, 0.29) is 0 Å². The van der Waals surface area contributed by atoms with E-state index in [0.29, 0.717) is 11.6 Å². The largest absolute Gasteiger partial charge is 0.402 e. The van der Waals surface area contributed by atoms with Gasteiger partial charge in [0.2, 0.25) is 5.90 Å². The van der Waals surface area contributed by atoms with Crippen LogP contribution in [0, 0.1) is 6.92 Å². The monoisotopic (exact) mass is 341 g/mol. The van der Waals surface area contributed by atoms with Crippen LogP contribution < -0.4 is 0 Å². The molecule has 1 aliphatic heterocycles. The number of benzene rings is 2. The summed E-state index contributed by atoms with van der Waals surface area (Å²) >= 11 is 3.39. The van der Waals surface area contributed by atoms with Gasteiger partial charge in [0.1, 0.15) is 0 Å². The minimum atomic E-state index is -0.425. The van der Waals surface area contributed by atoms with Crippen LogP contribution in [0.5, 0.6) is 0 Å². The summed E-state index contributed by atoms with van der Waals surface area (Å²) in [4.78, 5) is 16.2. The highest BCUT2D eigenvalue weighted by Crippen LogP contribution is 2.21. The van der Waals surface area contributed by atoms with Crippen molar-refractivity contribution in [2.45, 2.75) is 6.92 Å². The predicted molar refractivity (Wildman–Crippen MR) is 85.9 cm³/mol. The Balaban J connectivity index is 1.93. The fraction of sp³-hybridized carbons (Fsp3) is 0.0588. The molecule has 3 nitrogen and oxygen atoms in total. The van der Waals surface area contributed by atoms with Crippen LogP contribution in [0.3, 0.4) is 0 Å². The Morgan fingerprint density at radius 3 is 2.62 bits per heavy atom. The van der Waals surface area contributed by atoms with Crippen molar-refractivity contribution in [1.29, 1.82) is 0 Å². The van der Waals surface area contributed by atoms with Gasteiger partial charge >= 0.3 is 5.97 Å². The molecule has 1 aliphatic rings. The number of aliphatic imine (C=N–C) groups is 1. The lowest BCUT2D eigenvalue weighted by Crippen LogP contribution is -2.05. The number of aryl methyl sites for hydroxylation is 1. The molecule has 0 aromatic heterocycles. The molecule has 1 heterocycles. The highest BCUT2D eigenvalue weighted by atomic mass is 79.9. The van der Waals surface area contributed by atoms with E-state index < -0.39 is 5.97 Å². The minimum absolute atomic E-state index is 0.314. The molecule has 0 spiro atoms. The van der Waals surface area contributed by atoms with Crippen molar-refractivity contribution < 1.29 is 9.53 Å². The average Bonchev–Trinajstić information content (AvgIpc) is 2.83. The molecule has 2 aromatic carbocycles. The number of halogens is 1. The van der Waals surface area contributed by atoms with E-state index in [1.807, 2.05) is 55.5 Å². The number of nitrogens with zero attached hydrogens (tertiary/aromatic N) is 1. The van der Waals surface area contributed by atoms with Gasteiger partial charge in [0.05, 0.1) is 0 Å². The third kappa shape index (κ3) is 3.11. The number of ether oxygens (including phenoxy) is 1. The molecule has 21 heavy (non-hydrogen) atoms. The number of hydrogen-bond donors (Lipinski definition) is 0. The van der Waals surface area contributed by atoms with E-state index in [1.165, 1.54) is 5.56 Å². The summed E-state index contributed by atoms with van der Waals surface area (Å²) in [5, 5.41) is 0. The quantitative estimate of drug-likeness (QED) is 0.609. The Bertz CT molecular complexity index is 761. The molecule has 0 unspecified atom stereocenters. The average molecular weight is 342 g/mol. The highest BCUT2D eigenvalue weighted by molar-refractivity contribution is 9.10. The van der Waals surface area contributed by atoms with Gasteiger partial charge in [-0.3, -0.25) is 0 Å². The zero-order chi connectivity index (χ0) is 14.8. The second-order valence-electron chi connectivity index (χ2n) is 4.76. The standard InChI is InChI=1S/C17H12BrNO2/c1-11-5-7-12(8-6-11)9-15-17(20)21-16(19-15)13-3-2-4-14(18)10-13/h2-10H,1H3/b15-9+. The van der Waals surface area contributed by atoms with Gasteiger partial charge in [-0.25, -0.2) is 9.79 Å². The Morgan fingerprint density at radius 1 is 1.14 bits per heavy atom. The molecule has 0 aliphatic carbocycles. The molecular weight excluding hydrogens is 330 g/mol. The van der Waals surface area contributed by atoms with Crippen LogP contribution in [0.4, 0.5) is 0 Å². The Kier molecular flexibility index (Phi) is 3.71. The summed E-state index contributed by atoms with van der Waals surface area (Å²) in [5.74, 6) is -0.0924. The van der Waals surface area contributed by atoms with E-state index in [4.69, 9.17) is 4.74 Å². The summed E-state index contributed by atoms with van der Waals surface area (Å²) in [7, 11) is 0. The van der Waals surface area contributed by atoms with E-state index >= 15 is 0 Å². The van der Waals surface area contributed by atoms with Crippen LogP contribution in [0.2, 0.25) is 0 Å². The van der Waals surface area contributed by atoms with Crippen molar-refractivity contribution >= 4 is 33.9 Å². The third-order valence-corrected chi connectivity index (χ3v) is 3.57. The van der Waals surface area contributed by atoms with Crippen LogP contribution in [-0.4, -0.2) is 11.9 Å². The first kappa shape index (κ1) is 13.8. The molecule has 4 heteroatoms. The molecule has 0 fully saturated rings. The maximum atomic E-state index is 11.9. The first-order valence-corrected chi connectivity index (χ1v) is 7.26. The van der Waals surface area contributed by atoms with Crippen molar-refractivity contribution in [3.8, 4) is 0 Å². The molecule has 2 aromatic rings. The normalized spacial score (nSPS) is 16.0. The van der Waals surface area contributed by atoms with Gasteiger partial charge in [0.25, 0.3) is 0 Å². The van der Waals surface area contributed by atoms with Gasteiger partial charge in [-0.2, -0.15) is 0 Å². The molecule has 0 saturated heterocycles. The Labute approximate surface area is 131 Å². The van der Waals surface area contributed by atoms with Crippen molar-refractivity contribution in [2.24, 2.45) is 4.99 Å². The summed E-state index contributed by atoms with van der Waals surface area (Å²) in [6.45, 7) is 2.02. The Hall–Kier alpha value is -2.20. The third-order valence-electron chi connectivity index (χ3n) is 3.07. The topological polar surface area (TPSA) is 38.7 Å². The van der Waals surface area contributed by atoms with Gasteiger partial charge < -0.3 is 4.74 Å². The van der Waals surface area contributed by atoms with Crippen molar-refractivity contribution in [3.05, 3.63) is 75.4 Å². The fourth-order valence-electron chi connectivity index (χ4n) is 1.97. The van der Waals surface area contributed by atoms with E-state index in [2.05, 4.69) is 20.9 Å². The van der Waals surface area contributed by atoms with E-state index in [0.717, 1.165) is 15.6 Å². The molecule has 0 atom stereocenters. The zero-order valence-corrected chi connectivity index (χ0v) is 12.9. The SMILES string of the molecule is Cc1ccc(/C=C2/N=C(c3cccc(Br)c3)OC2=O)cc1. The van der Waals surface area contributed by atoms with E-state index in [9.17, 15) is 4.79 Å². The van der Waals surface area contributed by atoms with Gasteiger partial charge in [0.15, 0.2) is 5.70 Å². The molecule has 0 amide bonds. The molecule has 3 rings (SSSR count). The molecule has 104 valence electrons. The van der Waals surface area contributed by atoms with Crippen molar-refractivity contribution in [2.75, 3.05) is 0 Å². The van der Waals surface area contributed by atoms with Gasteiger partial charge in [-0.1, -0.05) is 51.8 Å². The lowest BCUT2D eigenvalue weighted by molar-refractivity contribution is -0.129. The van der Waals surface area contributed by atoms with Crippen LogP contribution in [0.25, 0.3) is 6.08 Å². The summed E-state index contributed by atoms with van der Waals surface area (Å²) in [6.07, 6.45) is 1.73. The number of hydrogen-bond acceptors (Lipinski definition) is 3. The first-order chi connectivity index (χ1) is 10.1. The highest BCUT2D eigenvalue weighted by Gasteiger charge is 2.24. The lowest BCUT2D eigenvalue weighted by Gasteiger charge is -1.99. The maximum absolute atomic E-state index is 11.9. The van der Waals surface area contributed by atoms with Gasteiger partial charge in [-0.05, 0) is 36.8 Å². The molecular formula is C17H12BrNO2.